The number of aryl methyl sites for hydroxylation is 1. The van der Waals surface area contributed by atoms with E-state index in [2.05, 4.69) is 5.32 Å². The molecule has 0 fully saturated rings. The van der Waals surface area contributed by atoms with Gasteiger partial charge in [-0.05, 0) is 66.9 Å². The predicted molar refractivity (Wildman–Crippen MR) is 146 cm³/mol. The van der Waals surface area contributed by atoms with Gasteiger partial charge in [0.05, 0.1) is 11.4 Å². The topological polar surface area (TPSA) is 85.1 Å². The summed E-state index contributed by atoms with van der Waals surface area (Å²) in [7, 11) is 0. The zero-order valence-corrected chi connectivity index (χ0v) is 20.5. The van der Waals surface area contributed by atoms with Crippen LogP contribution in [0.15, 0.2) is 84.3 Å². The molecule has 5 aromatic rings. The molecule has 0 atom stereocenters. The van der Waals surface area contributed by atoms with Crippen LogP contribution >= 0.6 is 22.7 Å². The Hall–Kier alpha value is -4.07. The summed E-state index contributed by atoms with van der Waals surface area (Å²) in [6, 6.07) is 22.7. The summed E-state index contributed by atoms with van der Waals surface area (Å²) in [5.41, 5.74) is 10.9. The Morgan fingerprint density at radius 3 is 2.46 bits per heavy atom. The molecule has 0 aliphatic carbocycles. The number of nitrogens with one attached hydrogen (secondary N) is 1. The molecule has 0 saturated carbocycles. The van der Waals surface area contributed by atoms with Crippen molar-refractivity contribution >= 4 is 62.0 Å². The predicted octanol–water partition coefficient (Wildman–Crippen LogP) is 7.06. The third-order valence-electron chi connectivity index (χ3n) is 5.52. The Morgan fingerprint density at radius 1 is 0.971 bits per heavy atom. The maximum absolute atomic E-state index is 13.0. The van der Waals surface area contributed by atoms with E-state index >= 15 is 0 Å². The van der Waals surface area contributed by atoms with Crippen molar-refractivity contribution in [3.8, 4) is 11.3 Å². The van der Waals surface area contributed by atoms with Crippen molar-refractivity contribution in [3.63, 3.8) is 0 Å². The van der Waals surface area contributed by atoms with Gasteiger partial charge in [0.15, 0.2) is 5.78 Å². The van der Waals surface area contributed by atoms with Crippen LogP contribution in [0.5, 0.6) is 0 Å². The number of hydrogen-bond donors (Lipinski definition) is 2. The van der Waals surface area contributed by atoms with E-state index in [1.807, 2.05) is 60.8 Å². The number of pyridine rings is 1. The maximum atomic E-state index is 13.0. The van der Waals surface area contributed by atoms with Crippen LogP contribution in [0.25, 0.3) is 27.6 Å². The molecule has 35 heavy (non-hydrogen) atoms. The molecule has 5 rings (SSSR count). The zero-order chi connectivity index (χ0) is 24.4. The Bertz CT molecular complexity index is 1550. The van der Waals surface area contributed by atoms with Crippen molar-refractivity contribution in [3.05, 3.63) is 105 Å². The minimum absolute atomic E-state index is 0.0968. The number of nitrogens with zero attached hydrogens (tertiary/aromatic N) is 1. The highest BCUT2D eigenvalue weighted by molar-refractivity contribution is 7.21. The van der Waals surface area contributed by atoms with Crippen LogP contribution in [0.1, 0.15) is 30.5 Å². The molecular formula is C28H21N3O2S2. The molecule has 0 bridgehead atoms. The third kappa shape index (κ3) is 4.91. The second-order valence-corrected chi connectivity index (χ2v) is 9.98. The monoisotopic (exact) mass is 495 g/mol. The van der Waals surface area contributed by atoms with E-state index in [-0.39, 0.29) is 11.7 Å². The number of benzene rings is 2. The van der Waals surface area contributed by atoms with Crippen molar-refractivity contribution in [1.82, 2.24) is 4.98 Å². The number of rotatable bonds is 6. The van der Waals surface area contributed by atoms with Crippen LogP contribution in [0.2, 0.25) is 0 Å². The number of carbonyl (C=O) groups excluding carboxylic acids is 2. The van der Waals surface area contributed by atoms with Crippen LogP contribution in [0, 0.1) is 6.92 Å². The third-order valence-corrected chi connectivity index (χ3v) is 7.47. The van der Waals surface area contributed by atoms with Gasteiger partial charge in [0.2, 0.25) is 0 Å². The lowest BCUT2D eigenvalue weighted by molar-refractivity contribution is 0.102. The number of amides is 1. The van der Waals surface area contributed by atoms with Gasteiger partial charge in [0.1, 0.15) is 9.71 Å². The molecule has 3 N–H and O–H groups in total. The van der Waals surface area contributed by atoms with E-state index in [4.69, 9.17) is 10.7 Å². The van der Waals surface area contributed by atoms with Crippen molar-refractivity contribution in [2.45, 2.75) is 6.92 Å². The van der Waals surface area contributed by atoms with Gasteiger partial charge in [-0.1, -0.05) is 35.9 Å². The molecule has 0 saturated heterocycles. The molecule has 0 unspecified atom stereocenters. The van der Waals surface area contributed by atoms with Gasteiger partial charge in [-0.15, -0.1) is 22.7 Å². The fourth-order valence-corrected chi connectivity index (χ4v) is 5.20. The number of fused-ring (bicyclic) bond motifs is 1. The largest absolute Gasteiger partial charge is 0.397 e. The Balaban J connectivity index is 1.32. The minimum Gasteiger partial charge on any atom is -0.397 e. The van der Waals surface area contributed by atoms with Gasteiger partial charge < -0.3 is 11.1 Å². The number of ketones is 1. The maximum Gasteiger partial charge on any atom is 0.267 e. The van der Waals surface area contributed by atoms with E-state index in [1.165, 1.54) is 16.9 Å². The summed E-state index contributed by atoms with van der Waals surface area (Å²) in [6.07, 6.45) is 3.35. The average Bonchev–Trinajstić information content (AvgIpc) is 3.51. The second-order valence-electron chi connectivity index (χ2n) is 8.00. The van der Waals surface area contributed by atoms with Gasteiger partial charge in [-0.25, -0.2) is 4.98 Å². The fraction of sp³-hybridized carbons (Fsp3) is 0.0357. The molecule has 2 aromatic carbocycles. The summed E-state index contributed by atoms with van der Waals surface area (Å²) in [5, 5.41) is 5.59. The van der Waals surface area contributed by atoms with Crippen molar-refractivity contribution in [2.24, 2.45) is 0 Å². The fourth-order valence-electron chi connectivity index (χ4n) is 3.60. The number of allylic oxidation sites excluding steroid dienone is 1. The molecule has 0 spiro atoms. The number of nitrogens with two attached hydrogens (primary N) is 1. The van der Waals surface area contributed by atoms with Gasteiger partial charge in [0.25, 0.3) is 5.91 Å². The van der Waals surface area contributed by atoms with Crippen molar-refractivity contribution in [1.29, 1.82) is 0 Å². The van der Waals surface area contributed by atoms with E-state index < -0.39 is 0 Å². The summed E-state index contributed by atoms with van der Waals surface area (Å²) >= 11 is 2.84. The van der Waals surface area contributed by atoms with Gasteiger partial charge in [-0.2, -0.15) is 0 Å². The van der Waals surface area contributed by atoms with Gasteiger partial charge in [0, 0.05) is 27.1 Å². The first-order valence-corrected chi connectivity index (χ1v) is 12.6. The van der Waals surface area contributed by atoms with Crippen LogP contribution < -0.4 is 11.1 Å². The summed E-state index contributed by atoms with van der Waals surface area (Å²) < 4.78 is 0. The summed E-state index contributed by atoms with van der Waals surface area (Å²) in [5.74, 6) is -0.403. The SMILES string of the molecule is Cc1ccc(-c2ccc3c(N)c(C(=O)Nc4ccc(C(=O)/C=C/c5cccs5)cc4)sc3n2)cc1. The molecule has 1 amide bonds. The first kappa shape index (κ1) is 22.7. The highest BCUT2D eigenvalue weighted by atomic mass is 32.1. The quantitative estimate of drug-likeness (QED) is 0.195. The van der Waals surface area contributed by atoms with E-state index in [0.717, 1.165) is 21.5 Å². The van der Waals surface area contributed by atoms with E-state index in [0.29, 0.717) is 26.6 Å². The number of carbonyl (C=O) groups is 2. The van der Waals surface area contributed by atoms with E-state index in [9.17, 15) is 9.59 Å². The number of nitrogen functional groups attached to an aromatic ring is 1. The molecular weight excluding hydrogens is 474 g/mol. The van der Waals surface area contributed by atoms with Gasteiger partial charge >= 0.3 is 0 Å². The first-order valence-electron chi connectivity index (χ1n) is 10.9. The lowest BCUT2D eigenvalue weighted by Gasteiger charge is -2.05. The Labute approximate surface area is 210 Å². The number of anilines is 2. The van der Waals surface area contributed by atoms with Crippen LogP contribution in [-0.2, 0) is 0 Å². The molecule has 5 nitrogen and oxygen atoms in total. The highest BCUT2D eigenvalue weighted by Crippen LogP contribution is 2.34. The Kier molecular flexibility index (Phi) is 6.27. The average molecular weight is 496 g/mol. The molecule has 0 aliphatic heterocycles. The Morgan fingerprint density at radius 2 is 1.74 bits per heavy atom. The summed E-state index contributed by atoms with van der Waals surface area (Å²) in [6.45, 7) is 2.04. The summed E-state index contributed by atoms with van der Waals surface area (Å²) in [4.78, 5) is 32.2. The van der Waals surface area contributed by atoms with Gasteiger partial charge in [-0.3, -0.25) is 9.59 Å². The van der Waals surface area contributed by atoms with E-state index in [1.54, 1.807) is 47.8 Å². The lowest BCUT2D eigenvalue weighted by Crippen LogP contribution is -2.12. The lowest BCUT2D eigenvalue weighted by atomic mass is 10.1. The van der Waals surface area contributed by atoms with Crippen LogP contribution in [-0.4, -0.2) is 16.7 Å². The minimum atomic E-state index is -0.306. The number of thiophene rings is 2. The smallest absolute Gasteiger partial charge is 0.267 e. The number of aromatic nitrogens is 1. The van der Waals surface area contributed by atoms with Crippen molar-refractivity contribution < 1.29 is 9.59 Å². The van der Waals surface area contributed by atoms with Crippen LogP contribution in [0.3, 0.4) is 0 Å². The molecule has 172 valence electrons. The highest BCUT2D eigenvalue weighted by Gasteiger charge is 2.18. The molecule has 0 aliphatic rings. The first-order chi connectivity index (χ1) is 17.0. The molecule has 3 aromatic heterocycles. The molecule has 7 heteroatoms. The second kappa shape index (κ2) is 9.66. The number of hydrogen-bond acceptors (Lipinski definition) is 6. The molecule has 3 heterocycles. The standard InChI is InChI=1S/C28H21N3O2S2/c1-17-4-6-18(7-5-17)23-14-13-22-25(29)26(35-28(22)31-23)27(33)30-20-10-8-19(9-11-20)24(32)15-12-21-3-2-16-34-21/h2-16H,29H2,1H3,(H,30,33)/b15-12+. The van der Waals surface area contributed by atoms with Crippen LogP contribution in [0.4, 0.5) is 11.4 Å². The normalized spacial score (nSPS) is 11.2. The zero-order valence-electron chi connectivity index (χ0n) is 18.8. The van der Waals surface area contributed by atoms with Crippen molar-refractivity contribution in [2.75, 3.05) is 11.1 Å². The molecule has 0 radical (unpaired) electrons.